The molecule has 0 aliphatic rings. The zero-order valence-electron chi connectivity index (χ0n) is 9.07. The number of hydrogen-bond donors (Lipinski definition) is 0. The first-order valence-electron chi connectivity index (χ1n) is 4.77. The molecule has 9 heteroatoms. The Morgan fingerprint density at radius 2 is 1.89 bits per heavy atom. The summed E-state index contributed by atoms with van der Waals surface area (Å²) >= 11 is 6.37. The van der Waals surface area contributed by atoms with Crippen LogP contribution in [-0.4, -0.2) is 10.7 Å². The Balaban J connectivity index is 2.69. The quantitative estimate of drug-likeness (QED) is 0.550. The Hall–Kier alpha value is -0.890. The van der Waals surface area contributed by atoms with Crippen LogP contribution < -0.4 is 0 Å². The number of allylic oxidation sites excluding steroid dienone is 1. The summed E-state index contributed by atoms with van der Waals surface area (Å²) in [5, 5.41) is -0.230. The van der Waals surface area contributed by atoms with Gasteiger partial charge in [-0.15, -0.1) is 11.8 Å². The Kier molecular flexibility index (Phi) is 5.54. The van der Waals surface area contributed by atoms with E-state index in [9.17, 15) is 26.3 Å². The highest BCUT2D eigenvalue weighted by molar-refractivity contribution is 7.99. The van der Waals surface area contributed by atoms with Crippen LogP contribution in [0.1, 0.15) is 12.0 Å². The molecule has 0 aliphatic heterocycles. The summed E-state index contributed by atoms with van der Waals surface area (Å²) in [6.07, 6.45) is -6.94. The molecule has 0 aromatic carbocycles. The lowest BCUT2D eigenvalue weighted by Crippen LogP contribution is -2.05. The van der Waals surface area contributed by atoms with Crippen molar-refractivity contribution in [3.05, 3.63) is 34.8 Å². The van der Waals surface area contributed by atoms with E-state index in [0.29, 0.717) is 12.3 Å². The predicted octanol–water partition coefficient (Wildman–Crippen LogP) is 5.31. The van der Waals surface area contributed by atoms with Crippen LogP contribution in [-0.2, 0) is 6.18 Å². The maximum absolute atomic E-state index is 12.5. The Bertz CT molecular complexity index is 483. The maximum atomic E-state index is 12.5. The van der Waals surface area contributed by atoms with Crippen molar-refractivity contribution < 1.29 is 26.3 Å². The van der Waals surface area contributed by atoms with Gasteiger partial charge >= 0.3 is 12.3 Å². The summed E-state index contributed by atoms with van der Waals surface area (Å²) in [5.41, 5.74) is -1.01. The molecule has 0 N–H and O–H groups in total. The highest BCUT2D eigenvalue weighted by Crippen LogP contribution is 2.34. The van der Waals surface area contributed by atoms with Crippen LogP contribution in [0.2, 0.25) is 5.02 Å². The number of alkyl halides is 3. The summed E-state index contributed by atoms with van der Waals surface area (Å²) in [6, 6.07) is 0.679. The third-order valence-electron chi connectivity index (χ3n) is 1.90. The molecular weight excluding hydrogens is 316 g/mol. The van der Waals surface area contributed by atoms with Crippen molar-refractivity contribution in [3.63, 3.8) is 0 Å². The minimum absolute atomic E-state index is 0.0294. The van der Waals surface area contributed by atoms with Crippen molar-refractivity contribution in [3.8, 4) is 0 Å². The second-order valence-corrected chi connectivity index (χ2v) is 4.76. The van der Waals surface area contributed by atoms with Crippen molar-refractivity contribution in [2.75, 3.05) is 5.75 Å². The van der Waals surface area contributed by atoms with E-state index in [1.165, 1.54) is 0 Å². The fraction of sp³-hybridized carbons (Fsp3) is 0.300. The van der Waals surface area contributed by atoms with Crippen molar-refractivity contribution in [1.29, 1.82) is 0 Å². The van der Waals surface area contributed by atoms with Gasteiger partial charge in [0, 0.05) is 18.4 Å². The maximum Gasteiger partial charge on any atom is 0.417 e. The Morgan fingerprint density at radius 1 is 1.26 bits per heavy atom. The standard InChI is InChI=1S/C10H6ClF6NS/c11-6-3-5(10(15,16)17)4-18-9(6)19-2-1-7(12)8(13)14/h3-4H,1-2H2. The van der Waals surface area contributed by atoms with Crippen LogP contribution in [0, 0.1) is 0 Å². The van der Waals surface area contributed by atoms with Gasteiger partial charge in [-0.2, -0.15) is 22.0 Å². The van der Waals surface area contributed by atoms with Crippen LogP contribution in [0.15, 0.2) is 29.2 Å². The topological polar surface area (TPSA) is 12.9 Å². The number of thioether (sulfide) groups is 1. The smallest absolute Gasteiger partial charge is 0.248 e. The molecule has 0 fully saturated rings. The highest BCUT2D eigenvalue weighted by atomic mass is 35.5. The van der Waals surface area contributed by atoms with Gasteiger partial charge in [-0.3, -0.25) is 0 Å². The van der Waals surface area contributed by atoms with Crippen LogP contribution in [0.4, 0.5) is 26.3 Å². The molecule has 0 saturated heterocycles. The molecule has 0 amide bonds. The van der Waals surface area contributed by atoms with E-state index in [-0.39, 0.29) is 15.8 Å². The molecule has 19 heavy (non-hydrogen) atoms. The average molecular weight is 322 g/mol. The number of pyridine rings is 1. The minimum Gasteiger partial charge on any atom is -0.248 e. The molecule has 1 rings (SSSR count). The van der Waals surface area contributed by atoms with E-state index < -0.39 is 30.1 Å². The first-order chi connectivity index (χ1) is 8.71. The third-order valence-corrected chi connectivity index (χ3v) is 3.31. The fourth-order valence-electron chi connectivity index (χ4n) is 1.02. The Morgan fingerprint density at radius 3 is 2.37 bits per heavy atom. The van der Waals surface area contributed by atoms with E-state index in [1.54, 1.807) is 0 Å². The SMILES string of the molecule is FC(F)=C(F)CCSc1ncc(C(F)(F)F)cc1Cl. The zero-order valence-corrected chi connectivity index (χ0v) is 10.6. The molecular formula is C10H6ClF6NS. The lowest BCUT2D eigenvalue weighted by molar-refractivity contribution is -0.137. The number of nitrogens with zero attached hydrogens (tertiary/aromatic N) is 1. The van der Waals surface area contributed by atoms with Crippen molar-refractivity contribution in [1.82, 2.24) is 4.98 Å². The highest BCUT2D eigenvalue weighted by Gasteiger charge is 2.31. The molecule has 1 aromatic heterocycles. The molecule has 0 spiro atoms. The fourth-order valence-corrected chi connectivity index (χ4v) is 2.15. The molecule has 1 nitrogen and oxygen atoms in total. The van der Waals surface area contributed by atoms with E-state index >= 15 is 0 Å². The van der Waals surface area contributed by atoms with Gasteiger partial charge in [-0.05, 0) is 6.07 Å². The number of rotatable bonds is 4. The molecule has 0 aliphatic carbocycles. The lowest BCUT2D eigenvalue weighted by Gasteiger charge is -2.08. The second kappa shape index (κ2) is 6.51. The van der Waals surface area contributed by atoms with Gasteiger partial charge in [-0.1, -0.05) is 11.6 Å². The molecule has 0 unspecified atom stereocenters. The Labute approximate surface area is 113 Å². The summed E-state index contributed by atoms with van der Waals surface area (Å²) < 4.78 is 72.9. The van der Waals surface area contributed by atoms with Gasteiger partial charge in [0.25, 0.3) is 0 Å². The van der Waals surface area contributed by atoms with Crippen molar-refractivity contribution in [2.45, 2.75) is 17.6 Å². The second-order valence-electron chi connectivity index (χ2n) is 3.27. The van der Waals surface area contributed by atoms with E-state index in [1.807, 2.05) is 0 Å². The van der Waals surface area contributed by atoms with Gasteiger partial charge in [-0.25, -0.2) is 9.37 Å². The summed E-state index contributed by atoms with van der Waals surface area (Å²) in [6.45, 7) is 0. The van der Waals surface area contributed by atoms with Gasteiger partial charge in [0.15, 0.2) is 5.83 Å². The number of aromatic nitrogens is 1. The van der Waals surface area contributed by atoms with E-state index in [4.69, 9.17) is 11.6 Å². The van der Waals surface area contributed by atoms with Gasteiger partial charge in [0.1, 0.15) is 5.03 Å². The van der Waals surface area contributed by atoms with Crippen molar-refractivity contribution >= 4 is 23.4 Å². The average Bonchev–Trinajstić information content (AvgIpc) is 2.29. The van der Waals surface area contributed by atoms with Crippen LogP contribution in [0.5, 0.6) is 0 Å². The summed E-state index contributed by atoms with van der Waals surface area (Å²) in [7, 11) is 0. The van der Waals surface area contributed by atoms with Crippen LogP contribution in [0.25, 0.3) is 0 Å². The van der Waals surface area contributed by atoms with Gasteiger partial charge in [0.05, 0.1) is 10.6 Å². The molecule has 0 bridgehead atoms. The normalized spacial score (nSPS) is 11.5. The van der Waals surface area contributed by atoms with Crippen LogP contribution >= 0.6 is 23.4 Å². The molecule has 0 radical (unpaired) electrons. The summed E-state index contributed by atoms with van der Waals surface area (Å²) in [4.78, 5) is 3.47. The zero-order chi connectivity index (χ0) is 14.6. The van der Waals surface area contributed by atoms with E-state index in [2.05, 4.69) is 4.98 Å². The van der Waals surface area contributed by atoms with Crippen LogP contribution in [0.3, 0.4) is 0 Å². The van der Waals surface area contributed by atoms with Gasteiger partial charge < -0.3 is 0 Å². The largest absolute Gasteiger partial charge is 0.417 e. The monoisotopic (exact) mass is 321 g/mol. The molecule has 106 valence electrons. The van der Waals surface area contributed by atoms with Gasteiger partial charge in [0.2, 0.25) is 0 Å². The molecule has 0 atom stereocenters. The molecule has 1 aromatic rings. The summed E-state index contributed by atoms with van der Waals surface area (Å²) in [5.74, 6) is -1.67. The predicted molar refractivity (Wildman–Crippen MR) is 59.9 cm³/mol. The first-order valence-corrected chi connectivity index (χ1v) is 6.13. The molecule has 0 saturated carbocycles. The number of hydrogen-bond acceptors (Lipinski definition) is 2. The minimum atomic E-state index is -4.56. The van der Waals surface area contributed by atoms with Crippen molar-refractivity contribution in [2.24, 2.45) is 0 Å². The first kappa shape index (κ1) is 16.2. The number of halogens is 7. The van der Waals surface area contributed by atoms with E-state index in [0.717, 1.165) is 11.8 Å². The third kappa shape index (κ3) is 4.94. The lowest BCUT2D eigenvalue weighted by atomic mass is 10.3. The molecule has 1 heterocycles.